The average molecular weight is 310 g/mol. The molecule has 0 radical (unpaired) electrons. The second-order valence-corrected chi connectivity index (χ2v) is 5.62. The summed E-state index contributed by atoms with van der Waals surface area (Å²) in [4.78, 5) is 10.2. The molecular weight excluding hydrogens is 299 g/mol. The first-order valence-corrected chi connectivity index (χ1v) is 8.07. The van der Waals surface area contributed by atoms with E-state index in [1.807, 2.05) is 36.4 Å². The zero-order valence-corrected chi connectivity index (χ0v) is 12.5. The maximum atomic E-state index is 10.2. The molecule has 0 amide bonds. The molecule has 0 aliphatic rings. The second-order valence-electron chi connectivity index (χ2n) is 3.58. The molecule has 19 heavy (non-hydrogen) atoms. The van der Waals surface area contributed by atoms with Crippen LogP contribution in [0.3, 0.4) is 0 Å². The van der Waals surface area contributed by atoms with Crippen molar-refractivity contribution in [2.75, 3.05) is 0 Å². The topological polar surface area (TPSA) is 35.5 Å². The Morgan fingerprint density at radius 1 is 1.00 bits per heavy atom. The lowest BCUT2D eigenvalue weighted by atomic mass is 10.1. The third-order valence-corrected chi connectivity index (χ3v) is 4.32. The minimum atomic E-state index is 0.284. The van der Waals surface area contributed by atoms with E-state index in [9.17, 15) is 4.79 Å². The molecule has 2 aromatic carbocycles. The molecule has 0 saturated heterocycles. The highest BCUT2D eigenvalue weighted by atomic mass is 33.1. The molecule has 2 rings (SSSR count). The Bertz CT molecular complexity index is 529. The van der Waals surface area contributed by atoms with Gasteiger partial charge in [-0.2, -0.15) is 0 Å². The van der Waals surface area contributed by atoms with Crippen molar-refractivity contribution in [2.24, 2.45) is 0 Å². The van der Waals surface area contributed by atoms with Gasteiger partial charge < -0.3 is 4.74 Å². The molecule has 0 aliphatic carbocycles. The van der Waals surface area contributed by atoms with Gasteiger partial charge in [0, 0.05) is 5.30 Å². The fourth-order valence-corrected chi connectivity index (χ4v) is 2.75. The van der Waals surface area contributed by atoms with E-state index in [0.29, 0.717) is 12.2 Å². The highest BCUT2D eigenvalue weighted by Gasteiger charge is 2.00. The molecule has 0 bridgehead atoms. The van der Waals surface area contributed by atoms with Gasteiger partial charge >= 0.3 is 0 Å². The minimum absolute atomic E-state index is 0.284. The quantitative estimate of drug-likeness (QED) is 0.291. The normalized spacial score (nSPS) is 10.8. The number of carbonyl (C=O) groups is 1. The zero-order valence-electron chi connectivity index (χ0n) is 9.78. The van der Waals surface area contributed by atoms with E-state index < -0.39 is 0 Å². The van der Waals surface area contributed by atoms with Crippen LogP contribution in [0.2, 0.25) is 0 Å². The Morgan fingerprint density at radius 3 is 2.11 bits per heavy atom. The summed E-state index contributed by atoms with van der Waals surface area (Å²) in [6.45, 7) is 0.421. The molecule has 2 aromatic rings. The number of rotatable bonds is 6. The first kappa shape index (κ1) is 14.4. The van der Waals surface area contributed by atoms with E-state index in [-0.39, 0.29) is 8.81 Å². The SMILES string of the molecule is O=COc1ccc(-c2ccc(POSS)cc2)cc1. The lowest BCUT2D eigenvalue weighted by molar-refractivity contribution is -0.120. The summed E-state index contributed by atoms with van der Waals surface area (Å²) in [6.07, 6.45) is 0. The van der Waals surface area contributed by atoms with Gasteiger partial charge in [0.2, 0.25) is 0 Å². The standard InChI is InChI=1S/C13H11O3PS2/c14-9-15-12-5-1-10(2-6-12)11-3-7-13(8-4-11)17-16-19-18/h1-9,17-18H. The van der Waals surface area contributed by atoms with Gasteiger partial charge in [-0.25, -0.2) is 0 Å². The molecule has 3 nitrogen and oxygen atoms in total. The molecule has 0 aromatic heterocycles. The Balaban J connectivity index is 2.10. The van der Waals surface area contributed by atoms with Crippen LogP contribution in [0.4, 0.5) is 0 Å². The number of ether oxygens (including phenoxy) is 1. The van der Waals surface area contributed by atoms with E-state index in [2.05, 4.69) is 11.7 Å². The molecule has 0 saturated carbocycles. The van der Waals surface area contributed by atoms with Gasteiger partial charge in [0.05, 0.1) is 19.9 Å². The summed E-state index contributed by atoms with van der Waals surface area (Å²) in [5.41, 5.74) is 2.17. The van der Waals surface area contributed by atoms with E-state index >= 15 is 0 Å². The van der Waals surface area contributed by atoms with Crippen molar-refractivity contribution in [2.45, 2.75) is 0 Å². The third-order valence-electron chi connectivity index (χ3n) is 2.45. The molecule has 0 fully saturated rings. The number of thiol groups is 1. The monoisotopic (exact) mass is 310 g/mol. The smallest absolute Gasteiger partial charge is 0.298 e. The highest BCUT2D eigenvalue weighted by molar-refractivity contribution is 8.67. The van der Waals surface area contributed by atoms with Crippen molar-refractivity contribution in [3.05, 3.63) is 48.5 Å². The summed E-state index contributed by atoms with van der Waals surface area (Å²) < 4.78 is 9.92. The number of hydrogen-bond donors (Lipinski definition) is 1. The highest BCUT2D eigenvalue weighted by Crippen LogP contribution is 2.25. The number of carbonyl (C=O) groups excluding carboxylic acids is 1. The lowest BCUT2D eigenvalue weighted by Gasteiger charge is -2.05. The lowest BCUT2D eigenvalue weighted by Crippen LogP contribution is -1.92. The second kappa shape index (κ2) is 7.56. The third kappa shape index (κ3) is 4.25. The first-order chi connectivity index (χ1) is 9.33. The molecule has 0 spiro atoms. The van der Waals surface area contributed by atoms with Gasteiger partial charge in [0.25, 0.3) is 6.47 Å². The van der Waals surface area contributed by atoms with Crippen molar-refractivity contribution in [1.82, 2.24) is 0 Å². The van der Waals surface area contributed by atoms with Crippen molar-refractivity contribution in [3.8, 4) is 16.9 Å². The van der Waals surface area contributed by atoms with E-state index in [1.54, 1.807) is 12.1 Å². The molecule has 1 unspecified atom stereocenters. The van der Waals surface area contributed by atoms with Crippen LogP contribution >= 0.6 is 31.5 Å². The van der Waals surface area contributed by atoms with Gasteiger partial charge in [-0.15, -0.1) is 0 Å². The van der Waals surface area contributed by atoms with Crippen molar-refractivity contribution < 1.29 is 13.5 Å². The summed E-state index contributed by atoms with van der Waals surface area (Å²) in [7, 11) is 0.284. The van der Waals surface area contributed by atoms with Crippen LogP contribution in [0.25, 0.3) is 11.1 Å². The molecule has 1 atom stereocenters. The van der Waals surface area contributed by atoms with Crippen LogP contribution in [0.5, 0.6) is 5.75 Å². The predicted octanol–water partition coefficient (Wildman–Crippen LogP) is 3.62. The molecule has 0 heterocycles. The Kier molecular flexibility index (Phi) is 5.73. The van der Waals surface area contributed by atoms with Crippen molar-refractivity contribution in [3.63, 3.8) is 0 Å². The maximum Gasteiger partial charge on any atom is 0.298 e. The van der Waals surface area contributed by atoms with Crippen LogP contribution < -0.4 is 10.0 Å². The van der Waals surface area contributed by atoms with E-state index in [4.69, 9.17) is 8.71 Å². The van der Waals surface area contributed by atoms with Gasteiger partial charge in [-0.1, -0.05) is 48.1 Å². The average Bonchev–Trinajstić information content (AvgIpc) is 2.47. The Hall–Kier alpha value is -1.00. The number of hydrogen-bond acceptors (Lipinski definition) is 5. The largest absolute Gasteiger partial charge is 0.429 e. The van der Waals surface area contributed by atoms with Crippen LogP contribution in [-0.2, 0) is 8.76 Å². The summed E-state index contributed by atoms with van der Waals surface area (Å²) in [5.74, 6) is 0.538. The minimum Gasteiger partial charge on any atom is -0.429 e. The summed E-state index contributed by atoms with van der Waals surface area (Å²) >= 11 is 4.99. The Morgan fingerprint density at radius 2 is 1.58 bits per heavy atom. The number of benzene rings is 2. The predicted molar refractivity (Wildman–Crippen MR) is 84.2 cm³/mol. The van der Waals surface area contributed by atoms with E-state index in [1.165, 1.54) is 0 Å². The first-order valence-electron chi connectivity index (χ1n) is 5.37. The van der Waals surface area contributed by atoms with Gasteiger partial charge in [0.1, 0.15) is 5.75 Å². The molecule has 0 N–H and O–H groups in total. The van der Waals surface area contributed by atoms with Gasteiger partial charge in [-0.05, 0) is 23.3 Å². The zero-order chi connectivity index (χ0) is 13.5. The summed E-state index contributed by atoms with van der Waals surface area (Å²) in [5, 5.41) is 1.12. The maximum absolute atomic E-state index is 10.2. The molecular formula is C13H11O3PS2. The fraction of sp³-hybridized carbons (Fsp3) is 0. The van der Waals surface area contributed by atoms with Gasteiger partial charge in [0.15, 0.2) is 0 Å². The fourth-order valence-electron chi connectivity index (χ4n) is 1.58. The van der Waals surface area contributed by atoms with Crippen LogP contribution in [0.1, 0.15) is 0 Å². The van der Waals surface area contributed by atoms with Crippen molar-refractivity contribution in [1.29, 1.82) is 0 Å². The Labute approximate surface area is 122 Å². The van der Waals surface area contributed by atoms with E-state index in [0.717, 1.165) is 27.5 Å². The summed E-state index contributed by atoms with van der Waals surface area (Å²) in [6, 6.07) is 15.5. The van der Waals surface area contributed by atoms with Crippen LogP contribution in [0.15, 0.2) is 48.5 Å². The molecule has 0 aliphatic heterocycles. The van der Waals surface area contributed by atoms with Gasteiger partial charge in [-0.3, -0.25) is 8.76 Å². The molecule has 98 valence electrons. The van der Waals surface area contributed by atoms with Crippen LogP contribution in [-0.4, -0.2) is 6.47 Å². The van der Waals surface area contributed by atoms with Crippen molar-refractivity contribution >= 4 is 43.3 Å². The molecule has 6 heteroatoms. The van der Waals surface area contributed by atoms with Crippen LogP contribution in [0, 0.1) is 0 Å².